The predicted molar refractivity (Wildman–Crippen MR) is 453 cm³/mol. The van der Waals surface area contributed by atoms with Gasteiger partial charge in [0.1, 0.15) is 78.5 Å². The van der Waals surface area contributed by atoms with Crippen molar-refractivity contribution in [2.24, 2.45) is 0 Å². The number of rotatable bonds is 8. The van der Waals surface area contributed by atoms with Crippen molar-refractivity contribution in [1.29, 1.82) is 0 Å². The minimum atomic E-state index is -0.0854. The summed E-state index contributed by atoms with van der Waals surface area (Å²) in [5.41, 5.74) is 37.9. The normalized spacial score (nSPS) is 12.8. The van der Waals surface area contributed by atoms with Crippen molar-refractivity contribution in [3.63, 3.8) is 0 Å². The molecule has 0 unspecified atom stereocenters. The van der Waals surface area contributed by atoms with Gasteiger partial charge in [-0.1, -0.05) is 190 Å². The summed E-state index contributed by atoms with van der Waals surface area (Å²) in [5, 5.41) is 10.0. The Balaban J connectivity index is 1.06. The van der Waals surface area contributed by atoms with Crippen molar-refractivity contribution in [3.8, 4) is 22.3 Å². The summed E-state index contributed by atoms with van der Waals surface area (Å²) in [6, 6.07) is 66.7. The average Bonchev–Trinajstić information content (AvgIpc) is 1.51. The molecule has 4 aromatic heterocycles. The molecule has 4 nitrogen and oxygen atoms in total. The molecule has 15 aromatic rings. The van der Waals surface area contributed by atoms with Gasteiger partial charge in [-0.2, -0.15) is 0 Å². The Bertz CT molecular complexity index is 5380. The first kappa shape index (κ1) is 63.3. The van der Waals surface area contributed by atoms with E-state index in [0.717, 1.165) is 11.4 Å². The fraction of sp³-hybridized carbons (Fsp3) is 0.195. The summed E-state index contributed by atoms with van der Waals surface area (Å²) in [4.78, 5) is 5.22. The number of fused-ring (bicyclic) bond motifs is 12. The van der Waals surface area contributed by atoms with Gasteiger partial charge in [0.15, 0.2) is 0 Å². The first-order valence-electron chi connectivity index (χ1n) is 34.9. The van der Waals surface area contributed by atoms with Gasteiger partial charge >= 0.3 is 0 Å². The molecule has 96 heavy (non-hydrogen) atoms. The van der Waals surface area contributed by atoms with Gasteiger partial charge < -0.3 is 18.6 Å². The number of anilines is 6. The smallest absolute Gasteiger partial charge is 0.139 e. The third kappa shape index (κ3) is 9.44. The Hall–Kier alpha value is -8.73. The quantitative estimate of drug-likeness (QED) is 0.173. The van der Waals surface area contributed by atoms with Gasteiger partial charge in [0.05, 0.1) is 55.8 Å². The van der Waals surface area contributed by atoms with Crippen LogP contribution in [0, 0.1) is 0 Å². The molecule has 11 aromatic carbocycles. The van der Waals surface area contributed by atoms with Crippen LogP contribution in [0.3, 0.4) is 0 Å². The minimum absolute atomic E-state index is 0.0749. The number of para-hydroxylation sites is 2. The van der Waals surface area contributed by atoms with Crippen molar-refractivity contribution in [2.75, 3.05) is 9.80 Å². The van der Waals surface area contributed by atoms with Crippen LogP contribution in [0.1, 0.15) is 105 Å². The number of hydrogen-bond acceptors (Lipinski definition) is 2. The lowest BCUT2D eigenvalue weighted by molar-refractivity contribution is 0.590. The van der Waals surface area contributed by atoms with Crippen molar-refractivity contribution in [2.45, 2.75) is 105 Å². The fourth-order valence-electron chi connectivity index (χ4n) is 16.5. The first-order valence-corrected chi connectivity index (χ1v) is 34.9. The maximum absolute atomic E-state index is 2.63. The SMILES string of the molecule is Bc1c(B)c(B)c(-c2ccccc2N(c2cccc(C(C)(C)C)c2)c2ccc3c4cc5c(cc4n4c6ccc(C(C)(C)C)cc6c2c34)c2ccc(N(c3cccc(C(C)(C)C)c3)c3ccccc3-c3c(B)c(B)c(B)c(B)c3B)c3c4cc(C(C)(C)C)ccc4n5c23)c(B)c1B. The number of aromatic nitrogens is 2. The van der Waals surface area contributed by atoms with Crippen LogP contribution < -0.4 is 64.4 Å². The van der Waals surface area contributed by atoms with E-state index in [0.29, 0.717) is 0 Å². The Morgan fingerprint density at radius 1 is 0.260 bits per heavy atom. The molecule has 462 valence electrons. The molecule has 0 spiro atoms. The van der Waals surface area contributed by atoms with E-state index < -0.39 is 0 Å². The zero-order chi connectivity index (χ0) is 68.0. The monoisotopic (exact) mass is 1230 g/mol. The highest BCUT2D eigenvalue weighted by Crippen LogP contribution is 2.54. The average molecular weight is 1230 g/mol. The molecular weight excluding hydrogens is 1150 g/mol. The summed E-state index contributed by atoms with van der Waals surface area (Å²) >= 11 is 0. The van der Waals surface area contributed by atoms with E-state index in [9.17, 15) is 0 Å². The van der Waals surface area contributed by atoms with Crippen LogP contribution in [0.15, 0.2) is 170 Å². The van der Waals surface area contributed by atoms with Gasteiger partial charge in [-0.3, -0.25) is 0 Å². The highest BCUT2D eigenvalue weighted by atomic mass is 15.2. The van der Waals surface area contributed by atoms with Crippen LogP contribution in [0.2, 0.25) is 0 Å². The molecule has 14 heteroatoms. The molecule has 0 amide bonds. The first-order chi connectivity index (χ1) is 45.4. The second-order valence-corrected chi connectivity index (χ2v) is 32.5. The Morgan fingerprint density at radius 3 is 0.927 bits per heavy atom. The zero-order valence-corrected chi connectivity index (χ0v) is 61.0. The van der Waals surface area contributed by atoms with Gasteiger partial charge in [0, 0.05) is 65.6 Å². The summed E-state index contributed by atoms with van der Waals surface area (Å²) in [7, 11) is 23.1. The molecule has 4 heterocycles. The molecule has 0 atom stereocenters. The van der Waals surface area contributed by atoms with Crippen LogP contribution in [0.25, 0.3) is 98.4 Å². The highest BCUT2D eigenvalue weighted by molar-refractivity contribution is 6.70. The van der Waals surface area contributed by atoms with Crippen molar-refractivity contribution < 1.29 is 0 Å². The van der Waals surface area contributed by atoms with E-state index >= 15 is 0 Å². The van der Waals surface area contributed by atoms with E-state index in [1.807, 2.05) is 0 Å². The highest BCUT2D eigenvalue weighted by Gasteiger charge is 2.33. The van der Waals surface area contributed by atoms with Crippen LogP contribution in [0.5, 0.6) is 0 Å². The van der Waals surface area contributed by atoms with E-state index in [4.69, 9.17) is 0 Å². The maximum Gasteiger partial charge on any atom is 0.139 e. The lowest BCUT2D eigenvalue weighted by Crippen LogP contribution is -2.55. The predicted octanol–water partition coefficient (Wildman–Crippen LogP) is 6.03. The summed E-state index contributed by atoms with van der Waals surface area (Å²) in [6.07, 6.45) is 0. The van der Waals surface area contributed by atoms with Crippen molar-refractivity contribution >= 4 is 243 Å². The molecular formula is C82H84B10N4. The summed E-state index contributed by atoms with van der Waals surface area (Å²) < 4.78 is 5.27. The molecule has 0 aliphatic rings. The van der Waals surface area contributed by atoms with Gasteiger partial charge in [0.2, 0.25) is 0 Å². The van der Waals surface area contributed by atoms with Crippen LogP contribution >= 0.6 is 0 Å². The Labute approximate surface area is 577 Å². The number of nitrogens with zero attached hydrogens (tertiary/aromatic N) is 4. The molecule has 0 radical (unpaired) electrons. The molecule has 0 saturated carbocycles. The zero-order valence-electron chi connectivity index (χ0n) is 61.0. The Kier molecular flexibility index (Phi) is 14.4. The van der Waals surface area contributed by atoms with E-state index in [-0.39, 0.29) is 21.7 Å². The van der Waals surface area contributed by atoms with Crippen LogP contribution in [-0.2, 0) is 21.7 Å². The molecule has 0 N–H and O–H groups in total. The largest absolute Gasteiger partial charge is 0.309 e. The molecule has 0 bridgehead atoms. The third-order valence-electron chi connectivity index (χ3n) is 22.9. The van der Waals surface area contributed by atoms with Crippen LogP contribution in [-0.4, -0.2) is 87.3 Å². The van der Waals surface area contributed by atoms with E-state index in [1.54, 1.807) is 0 Å². The van der Waals surface area contributed by atoms with Gasteiger partial charge in [-0.05, 0) is 140 Å². The summed E-state index contributed by atoms with van der Waals surface area (Å²) in [5.74, 6) is 0. The second-order valence-electron chi connectivity index (χ2n) is 32.5. The van der Waals surface area contributed by atoms with E-state index in [2.05, 4.69) is 350 Å². The standard InChI is InChI=1S/C82H84B10N4/c1-79(2,3)41-19-17-21-45(35-41)93(55-25-15-13-23-49(55)65-67(83)71(87)75(91)72(88)68(65)84)59-33-29-47-51-39-62-52(40-61(51)95-57-31-27-43(81(7,8)9)37-53(57)63(59)77(47)95)48-30-34-60(64-54-38-44(82(10,11)12)28-32-58(54)96(62)78(48)64)94(46-22-18-20-42(36-46)80(4,5)6)56-26-16-14-24-50(56)66-69(85)73(89)76(92)74(90)70(66)86/h13-40H,83-92H2,1-12H3. The molecule has 0 saturated heterocycles. The third-order valence-corrected chi connectivity index (χ3v) is 22.9. The lowest BCUT2D eigenvalue weighted by atomic mass is 9.59. The summed E-state index contributed by atoms with van der Waals surface area (Å²) in [6.45, 7) is 28.1. The topological polar surface area (TPSA) is 15.3 Å². The van der Waals surface area contributed by atoms with Gasteiger partial charge in [0.25, 0.3) is 0 Å². The van der Waals surface area contributed by atoms with Gasteiger partial charge in [-0.15, -0.1) is 32.8 Å². The minimum Gasteiger partial charge on any atom is -0.309 e. The van der Waals surface area contributed by atoms with Crippen LogP contribution in [0.4, 0.5) is 34.1 Å². The molecule has 15 rings (SSSR count). The number of benzene rings is 11. The van der Waals surface area contributed by atoms with Crippen molar-refractivity contribution in [1.82, 2.24) is 8.80 Å². The Morgan fingerprint density at radius 2 is 0.583 bits per heavy atom. The second kappa shape index (κ2) is 21.9. The lowest BCUT2D eigenvalue weighted by Gasteiger charge is -2.31. The molecule has 0 aliphatic carbocycles. The molecule has 0 aliphatic heterocycles. The fourth-order valence-corrected chi connectivity index (χ4v) is 16.5. The van der Waals surface area contributed by atoms with Crippen molar-refractivity contribution in [3.05, 3.63) is 192 Å². The van der Waals surface area contributed by atoms with E-state index in [1.165, 1.54) is 198 Å². The number of hydrogen-bond donors (Lipinski definition) is 0. The molecule has 0 fully saturated rings. The maximum atomic E-state index is 2.63. The van der Waals surface area contributed by atoms with Gasteiger partial charge in [-0.25, -0.2) is 0 Å².